The van der Waals surface area contributed by atoms with E-state index in [1.807, 2.05) is 19.1 Å². The second-order valence-corrected chi connectivity index (χ2v) is 3.11. The van der Waals surface area contributed by atoms with Crippen LogP contribution in [0.4, 0.5) is 0 Å². The Balaban J connectivity index is 2.21. The molecule has 0 amide bonds. The van der Waals surface area contributed by atoms with Crippen molar-refractivity contribution in [1.29, 1.82) is 0 Å². The van der Waals surface area contributed by atoms with E-state index < -0.39 is 6.10 Å². The molecule has 1 aliphatic rings. The Morgan fingerprint density at radius 2 is 2.38 bits per heavy atom. The van der Waals surface area contributed by atoms with Gasteiger partial charge in [0.05, 0.1) is 12.9 Å². The van der Waals surface area contributed by atoms with Crippen LogP contribution in [0.5, 0.6) is 0 Å². The molecule has 0 spiro atoms. The summed E-state index contributed by atoms with van der Waals surface area (Å²) < 4.78 is 10.4. The van der Waals surface area contributed by atoms with Crippen molar-refractivity contribution in [2.75, 3.05) is 6.61 Å². The molecule has 2 heterocycles. The van der Waals surface area contributed by atoms with Gasteiger partial charge in [-0.25, -0.2) is 0 Å². The van der Waals surface area contributed by atoms with Crippen LogP contribution in [0.1, 0.15) is 23.8 Å². The van der Waals surface area contributed by atoms with Crippen LogP contribution in [0.2, 0.25) is 0 Å². The van der Waals surface area contributed by atoms with Gasteiger partial charge in [-0.15, -0.1) is 0 Å². The number of rotatable bonds is 2. The first-order valence-electron chi connectivity index (χ1n) is 4.34. The second kappa shape index (κ2) is 3.26. The highest BCUT2D eigenvalue weighted by molar-refractivity contribution is 5.23. The third-order valence-electron chi connectivity index (χ3n) is 2.15. The van der Waals surface area contributed by atoms with Crippen LogP contribution >= 0.6 is 0 Å². The fraction of sp³-hybridized carbons (Fsp3) is 0.400. The van der Waals surface area contributed by atoms with Crippen LogP contribution in [0.3, 0.4) is 0 Å². The summed E-state index contributed by atoms with van der Waals surface area (Å²) in [5.41, 5.74) is 0.948. The molecule has 0 radical (unpaired) electrons. The van der Waals surface area contributed by atoms with Crippen LogP contribution < -0.4 is 0 Å². The number of hydrogen-bond donors (Lipinski definition) is 1. The smallest absolute Gasteiger partial charge is 0.168 e. The largest absolute Gasteiger partial charge is 0.495 e. The molecule has 3 heteroatoms. The lowest BCUT2D eigenvalue weighted by Crippen LogP contribution is -2.02. The van der Waals surface area contributed by atoms with Crippen molar-refractivity contribution < 1.29 is 14.3 Å². The lowest BCUT2D eigenvalue weighted by Gasteiger charge is -2.10. The number of aliphatic hydroxyl groups excluding tert-OH is 1. The first-order chi connectivity index (χ1) is 6.29. The minimum atomic E-state index is -0.738. The number of aryl methyl sites for hydroxylation is 1. The first kappa shape index (κ1) is 8.38. The normalized spacial score (nSPS) is 18.2. The molecule has 0 saturated carbocycles. The lowest BCUT2D eigenvalue weighted by atomic mass is 10.1. The monoisotopic (exact) mass is 180 g/mol. The molecule has 70 valence electrons. The topological polar surface area (TPSA) is 42.6 Å². The Labute approximate surface area is 76.6 Å². The molecule has 3 nitrogen and oxygen atoms in total. The molecule has 2 rings (SSSR count). The fourth-order valence-corrected chi connectivity index (χ4v) is 1.42. The van der Waals surface area contributed by atoms with Gasteiger partial charge in [-0.05, 0) is 24.6 Å². The van der Waals surface area contributed by atoms with Crippen LogP contribution in [-0.2, 0) is 4.74 Å². The maximum atomic E-state index is 9.80. The molecule has 1 N–H and O–H groups in total. The Hall–Kier alpha value is -1.22. The SMILES string of the molecule is Cc1ccoc1C(O)C1=CCCO1. The van der Waals surface area contributed by atoms with Gasteiger partial charge in [-0.3, -0.25) is 0 Å². The summed E-state index contributed by atoms with van der Waals surface area (Å²) in [5, 5.41) is 9.80. The average Bonchev–Trinajstić information content (AvgIpc) is 2.72. The molecule has 0 saturated heterocycles. The summed E-state index contributed by atoms with van der Waals surface area (Å²) in [5.74, 6) is 1.19. The van der Waals surface area contributed by atoms with Gasteiger partial charge in [-0.2, -0.15) is 0 Å². The quantitative estimate of drug-likeness (QED) is 0.756. The molecule has 1 atom stereocenters. The fourth-order valence-electron chi connectivity index (χ4n) is 1.42. The molecule has 0 aromatic carbocycles. The zero-order valence-corrected chi connectivity index (χ0v) is 7.49. The third-order valence-corrected chi connectivity index (χ3v) is 2.15. The van der Waals surface area contributed by atoms with Crippen molar-refractivity contribution in [3.63, 3.8) is 0 Å². The lowest BCUT2D eigenvalue weighted by molar-refractivity contribution is 0.102. The molecule has 0 bridgehead atoms. The molecular weight excluding hydrogens is 168 g/mol. The molecule has 13 heavy (non-hydrogen) atoms. The minimum Gasteiger partial charge on any atom is -0.495 e. The van der Waals surface area contributed by atoms with Crippen LogP contribution in [0.25, 0.3) is 0 Å². The summed E-state index contributed by atoms with van der Waals surface area (Å²) in [6, 6.07) is 1.83. The van der Waals surface area contributed by atoms with E-state index in [1.54, 1.807) is 6.26 Å². The highest BCUT2D eigenvalue weighted by atomic mass is 16.5. The highest BCUT2D eigenvalue weighted by Crippen LogP contribution is 2.28. The summed E-state index contributed by atoms with van der Waals surface area (Å²) in [7, 11) is 0. The van der Waals surface area contributed by atoms with Crippen LogP contribution in [0, 0.1) is 6.92 Å². The van der Waals surface area contributed by atoms with Gasteiger partial charge >= 0.3 is 0 Å². The summed E-state index contributed by atoms with van der Waals surface area (Å²) in [6.07, 6.45) is 3.60. The third kappa shape index (κ3) is 1.47. The zero-order chi connectivity index (χ0) is 9.26. The van der Waals surface area contributed by atoms with E-state index in [2.05, 4.69) is 0 Å². The molecule has 1 unspecified atom stereocenters. The van der Waals surface area contributed by atoms with Crippen molar-refractivity contribution in [3.8, 4) is 0 Å². The number of ether oxygens (including phenoxy) is 1. The highest BCUT2D eigenvalue weighted by Gasteiger charge is 2.21. The zero-order valence-electron chi connectivity index (χ0n) is 7.49. The van der Waals surface area contributed by atoms with E-state index in [0.717, 1.165) is 12.0 Å². The number of aliphatic hydroxyl groups is 1. The summed E-state index contributed by atoms with van der Waals surface area (Å²) in [4.78, 5) is 0. The second-order valence-electron chi connectivity index (χ2n) is 3.11. The number of hydrogen-bond acceptors (Lipinski definition) is 3. The van der Waals surface area contributed by atoms with Crippen LogP contribution in [0.15, 0.2) is 28.6 Å². The molecular formula is C10H12O3. The van der Waals surface area contributed by atoms with Crippen molar-refractivity contribution >= 4 is 0 Å². The van der Waals surface area contributed by atoms with Crippen molar-refractivity contribution in [2.24, 2.45) is 0 Å². The maximum absolute atomic E-state index is 9.80. The van der Waals surface area contributed by atoms with E-state index in [4.69, 9.17) is 9.15 Å². The number of furan rings is 1. The predicted octanol–water partition coefficient (Wildman–Crippen LogP) is 1.93. The van der Waals surface area contributed by atoms with Gasteiger partial charge in [0.15, 0.2) is 6.10 Å². The van der Waals surface area contributed by atoms with Gasteiger partial charge in [0, 0.05) is 6.42 Å². The standard InChI is InChI=1S/C10H12O3/c1-7-4-6-13-10(7)9(11)8-3-2-5-12-8/h3-4,6,9,11H,2,5H2,1H3. The van der Waals surface area contributed by atoms with E-state index in [1.165, 1.54) is 0 Å². The minimum absolute atomic E-state index is 0.577. The van der Waals surface area contributed by atoms with Gasteiger partial charge in [0.1, 0.15) is 11.5 Å². The summed E-state index contributed by atoms with van der Waals surface area (Å²) in [6.45, 7) is 2.56. The van der Waals surface area contributed by atoms with Crippen molar-refractivity contribution in [1.82, 2.24) is 0 Å². The maximum Gasteiger partial charge on any atom is 0.168 e. The molecule has 0 fully saturated rings. The average molecular weight is 180 g/mol. The van der Waals surface area contributed by atoms with E-state index in [-0.39, 0.29) is 0 Å². The first-order valence-corrected chi connectivity index (χ1v) is 4.34. The summed E-state index contributed by atoms with van der Waals surface area (Å²) >= 11 is 0. The Morgan fingerprint density at radius 3 is 2.92 bits per heavy atom. The molecule has 1 aromatic rings. The van der Waals surface area contributed by atoms with Gasteiger partial charge in [-0.1, -0.05) is 0 Å². The van der Waals surface area contributed by atoms with Crippen molar-refractivity contribution in [3.05, 3.63) is 35.5 Å². The van der Waals surface area contributed by atoms with E-state index in [9.17, 15) is 5.11 Å². The Bertz CT molecular complexity index is 325. The van der Waals surface area contributed by atoms with Gasteiger partial charge in [0.2, 0.25) is 0 Å². The molecule has 1 aliphatic heterocycles. The van der Waals surface area contributed by atoms with Gasteiger partial charge in [0.25, 0.3) is 0 Å². The predicted molar refractivity (Wildman–Crippen MR) is 47.1 cm³/mol. The van der Waals surface area contributed by atoms with Crippen molar-refractivity contribution in [2.45, 2.75) is 19.4 Å². The molecule has 1 aromatic heterocycles. The van der Waals surface area contributed by atoms with Crippen LogP contribution in [-0.4, -0.2) is 11.7 Å². The molecule has 0 aliphatic carbocycles. The van der Waals surface area contributed by atoms with E-state index in [0.29, 0.717) is 18.1 Å². The van der Waals surface area contributed by atoms with E-state index >= 15 is 0 Å². The Kier molecular flexibility index (Phi) is 2.10. The van der Waals surface area contributed by atoms with Gasteiger partial charge < -0.3 is 14.3 Å². The Morgan fingerprint density at radius 1 is 1.54 bits per heavy atom.